The molecule has 2 aromatic rings. The van der Waals surface area contributed by atoms with Gasteiger partial charge in [0.1, 0.15) is 19.0 Å². The Morgan fingerprint density at radius 3 is 2.30 bits per heavy atom. The molecule has 0 aliphatic rings. The predicted molar refractivity (Wildman–Crippen MR) is 90.2 cm³/mol. The third-order valence-corrected chi connectivity index (χ3v) is 3.70. The largest absolute Gasteiger partial charge is 0.491 e. The lowest BCUT2D eigenvalue weighted by molar-refractivity contribution is -0.139. The molecule has 0 radical (unpaired) electrons. The van der Waals surface area contributed by atoms with Crippen LogP contribution in [0, 0.1) is 6.92 Å². The number of hydrogen-bond acceptors (Lipinski definition) is 3. The molecule has 0 aliphatic carbocycles. The van der Waals surface area contributed by atoms with Crippen LogP contribution in [-0.2, 0) is 15.0 Å². The summed E-state index contributed by atoms with van der Waals surface area (Å²) in [7, 11) is 0. The van der Waals surface area contributed by atoms with Crippen LogP contribution < -0.4 is 10.2 Å². The lowest BCUT2D eigenvalue weighted by Crippen LogP contribution is -2.40. The predicted octanol–water partition coefficient (Wildman–Crippen LogP) is 3.40. The topological polar surface area (TPSA) is 47.6 Å². The van der Waals surface area contributed by atoms with Gasteiger partial charge in [-0.1, -0.05) is 48.0 Å². The highest BCUT2D eigenvalue weighted by Gasteiger charge is 2.29. The van der Waals surface area contributed by atoms with Crippen LogP contribution in [0.4, 0.5) is 0 Å². The van der Waals surface area contributed by atoms with Gasteiger partial charge in [-0.15, -0.1) is 0 Å². The van der Waals surface area contributed by atoms with Gasteiger partial charge in [-0.25, -0.2) is 5.48 Å². The van der Waals surface area contributed by atoms with Gasteiger partial charge in [-0.05, 0) is 38.5 Å². The first kappa shape index (κ1) is 17.0. The molecular weight excluding hydrogens is 290 g/mol. The van der Waals surface area contributed by atoms with Crippen molar-refractivity contribution >= 4 is 5.91 Å². The molecule has 2 aromatic carbocycles. The minimum atomic E-state index is -0.654. The summed E-state index contributed by atoms with van der Waals surface area (Å²) in [4.78, 5) is 17.5. The zero-order chi connectivity index (χ0) is 16.7. The number of carbonyl (C=O) groups is 1. The first-order chi connectivity index (χ1) is 11.0. The van der Waals surface area contributed by atoms with Gasteiger partial charge in [-0.2, -0.15) is 0 Å². The highest BCUT2D eigenvalue weighted by Crippen LogP contribution is 2.22. The maximum atomic E-state index is 12.3. The van der Waals surface area contributed by atoms with E-state index < -0.39 is 5.41 Å². The summed E-state index contributed by atoms with van der Waals surface area (Å²) in [5.41, 5.74) is 3.97. The zero-order valence-corrected chi connectivity index (χ0v) is 13.8. The van der Waals surface area contributed by atoms with E-state index >= 15 is 0 Å². The van der Waals surface area contributed by atoms with Crippen molar-refractivity contribution < 1.29 is 14.4 Å². The number of nitrogens with one attached hydrogen (secondary N) is 1. The minimum absolute atomic E-state index is 0.181. The number of hydrogen-bond donors (Lipinski definition) is 1. The fraction of sp³-hybridized carbons (Fsp3) is 0.316. The molecule has 4 nitrogen and oxygen atoms in total. The number of hydroxylamine groups is 1. The minimum Gasteiger partial charge on any atom is -0.491 e. The lowest BCUT2D eigenvalue weighted by atomic mass is 9.84. The molecular formula is C19H23NO3. The molecule has 0 aliphatic heterocycles. The van der Waals surface area contributed by atoms with Crippen molar-refractivity contribution in [3.05, 3.63) is 65.7 Å². The molecule has 0 saturated heterocycles. The second-order valence-corrected chi connectivity index (χ2v) is 5.93. The van der Waals surface area contributed by atoms with Gasteiger partial charge in [-0.3, -0.25) is 9.63 Å². The van der Waals surface area contributed by atoms with E-state index in [1.54, 1.807) is 0 Å². The van der Waals surface area contributed by atoms with Crippen molar-refractivity contribution in [2.75, 3.05) is 13.2 Å². The second kappa shape index (κ2) is 7.79. The average molecular weight is 313 g/mol. The molecule has 0 atom stereocenters. The molecule has 0 fully saturated rings. The Kier molecular flexibility index (Phi) is 5.77. The van der Waals surface area contributed by atoms with E-state index in [-0.39, 0.29) is 12.5 Å². The first-order valence-electron chi connectivity index (χ1n) is 7.67. The maximum absolute atomic E-state index is 12.3. The smallest absolute Gasteiger partial charge is 0.253 e. The summed E-state index contributed by atoms with van der Waals surface area (Å²) < 4.78 is 5.54. The molecule has 0 spiro atoms. The number of rotatable bonds is 7. The normalized spacial score (nSPS) is 11.1. The molecule has 1 N–H and O–H groups in total. The van der Waals surface area contributed by atoms with Crippen LogP contribution in [-0.4, -0.2) is 19.1 Å². The lowest BCUT2D eigenvalue weighted by Gasteiger charge is -2.23. The Hall–Kier alpha value is -2.33. The van der Waals surface area contributed by atoms with Crippen LogP contribution in [0.2, 0.25) is 0 Å². The Bertz CT molecular complexity index is 621. The van der Waals surface area contributed by atoms with Gasteiger partial charge < -0.3 is 4.74 Å². The van der Waals surface area contributed by atoms with Crippen molar-refractivity contribution in [2.45, 2.75) is 26.2 Å². The Balaban J connectivity index is 1.73. The molecule has 4 heteroatoms. The van der Waals surface area contributed by atoms with E-state index in [1.165, 1.54) is 5.56 Å². The third kappa shape index (κ3) is 4.83. The van der Waals surface area contributed by atoms with Crippen LogP contribution in [0.5, 0.6) is 5.75 Å². The van der Waals surface area contributed by atoms with Gasteiger partial charge >= 0.3 is 0 Å². The Morgan fingerprint density at radius 1 is 1.00 bits per heavy atom. The van der Waals surface area contributed by atoms with Gasteiger partial charge in [0.15, 0.2) is 0 Å². The summed E-state index contributed by atoms with van der Waals surface area (Å²) >= 11 is 0. The highest BCUT2D eigenvalue weighted by atomic mass is 16.7. The number of aryl methyl sites for hydroxylation is 1. The molecule has 0 aromatic heterocycles. The van der Waals surface area contributed by atoms with E-state index in [9.17, 15) is 4.79 Å². The standard InChI is InChI=1S/C19H23NO3/c1-15-9-11-17(12-10-15)22-13-14-23-20-18(21)19(2,3)16-7-5-4-6-8-16/h4-12H,13-14H2,1-3H3,(H,20,21). The fourth-order valence-corrected chi connectivity index (χ4v) is 2.07. The Morgan fingerprint density at radius 2 is 1.65 bits per heavy atom. The molecule has 1 amide bonds. The van der Waals surface area contributed by atoms with Crippen LogP contribution in [0.15, 0.2) is 54.6 Å². The van der Waals surface area contributed by atoms with Gasteiger partial charge in [0.2, 0.25) is 0 Å². The summed E-state index contributed by atoms with van der Waals surface area (Å²) in [6.45, 7) is 6.41. The molecule has 122 valence electrons. The van der Waals surface area contributed by atoms with E-state index in [2.05, 4.69) is 5.48 Å². The molecule has 23 heavy (non-hydrogen) atoms. The number of carbonyl (C=O) groups excluding carboxylic acids is 1. The van der Waals surface area contributed by atoms with Crippen molar-refractivity contribution in [3.8, 4) is 5.75 Å². The quantitative estimate of drug-likeness (QED) is 0.629. The number of amides is 1. The molecule has 0 saturated carbocycles. The van der Waals surface area contributed by atoms with Gasteiger partial charge in [0.25, 0.3) is 5.91 Å². The van der Waals surface area contributed by atoms with Crippen LogP contribution >= 0.6 is 0 Å². The van der Waals surface area contributed by atoms with E-state index in [0.29, 0.717) is 6.61 Å². The van der Waals surface area contributed by atoms with Crippen LogP contribution in [0.25, 0.3) is 0 Å². The zero-order valence-electron chi connectivity index (χ0n) is 13.8. The van der Waals surface area contributed by atoms with Crippen molar-refractivity contribution in [1.29, 1.82) is 0 Å². The summed E-state index contributed by atoms with van der Waals surface area (Å²) in [6, 6.07) is 17.4. The number of benzene rings is 2. The van der Waals surface area contributed by atoms with Crippen LogP contribution in [0.3, 0.4) is 0 Å². The molecule has 0 heterocycles. The van der Waals surface area contributed by atoms with Gasteiger partial charge in [0, 0.05) is 0 Å². The molecule has 0 bridgehead atoms. The van der Waals surface area contributed by atoms with Gasteiger partial charge in [0.05, 0.1) is 5.41 Å². The van der Waals surface area contributed by atoms with Crippen LogP contribution in [0.1, 0.15) is 25.0 Å². The van der Waals surface area contributed by atoms with E-state index in [4.69, 9.17) is 9.57 Å². The highest BCUT2D eigenvalue weighted by molar-refractivity contribution is 5.86. The molecule has 2 rings (SSSR count). The summed E-state index contributed by atoms with van der Waals surface area (Å²) in [6.07, 6.45) is 0. The Labute approximate surface area is 137 Å². The van der Waals surface area contributed by atoms with E-state index in [0.717, 1.165) is 11.3 Å². The summed E-state index contributed by atoms with van der Waals surface area (Å²) in [5.74, 6) is 0.606. The van der Waals surface area contributed by atoms with Crippen molar-refractivity contribution in [2.24, 2.45) is 0 Å². The third-order valence-electron chi connectivity index (χ3n) is 3.70. The number of ether oxygens (including phenoxy) is 1. The van der Waals surface area contributed by atoms with Crippen molar-refractivity contribution in [3.63, 3.8) is 0 Å². The average Bonchev–Trinajstić information content (AvgIpc) is 2.57. The van der Waals surface area contributed by atoms with E-state index in [1.807, 2.05) is 75.4 Å². The van der Waals surface area contributed by atoms with Crippen molar-refractivity contribution in [1.82, 2.24) is 5.48 Å². The second-order valence-electron chi connectivity index (χ2n) is 5.93. The summed E-state index contributed by atoms with van der Waals surface area (Å²) in [5, 5.41) is 0. The monoisotopic (exact) mass is 313 g/mol. The first-order valence-corrected chi connectivity index (χ1v) is 7.67. The SMILES string of the molecule is Cc1ccc(OCCONC(=O)C(C)(C)c2ccccc2)cc1. The molecule has 0 unspecified atom stereocenters. The maximum Gasteiger partial charge on any atom is 0.253 e. The fourth-order valence-electron chi connectivity index (χ4n) is 2.07.